The number of primary amides is 1. The third kappa shape index (κ3) is 2.87. The number of fused-ring (bicyclic) bond motifs is 1. The van der Waals surface area contributed by atoms with Crippen LogP contribution in [-0.2, 0) is 11.3 Å². The number of amides is 1. The van der Waals surface area contributed by atoms with Gasteiger partial charge in [-0.2, -0.15) is 0 Å². The highest BCUT2D eigenvalue weighted by Crippen LogP contribution is 2.28. The Labute approximate surface area is 125 Å². The highest BCUT2D eigenvalue weighted by Gasteiger charge is 2.15. The van der Waals surface area contributed by atoms with Crippen molar-refractivity contribution >= 4 is 22.4 Å². The Morgan fingerprint density at radius 3 is 2.71 bits per heavy atom. The summed E-state index contributed by atoms with van der Waals surface area (Å²) >= 11 is 0. The molecule has 3 heteroatoms. The van der Waals surface area contributed by atoms with Crippen molar-refractivity contribution in [1.82, 2.24) is 4.57 Å². The smallest absolute Gasteiger partial charge is 0.248 e. The number of rotatable bonds is 4. The number of hydrogen-bond acceptors (Lipinski definition) is 1. The van der Waals surface area contributed by atoms with Gasteiger partial charge in [-0.25, -0.2) is 0 Å². The number of hydrogen-bond donors (Lipinski definition) is 1. The minimum atomic E-state index is -0.462. The molecular formula is C18H22N2O. The van der Waals surface area contributed by atoms with Crippen LogP contribution in [0.1, 0.15) is 37.7 Å². The van der Waals surface area contributed by atoms with Gasteiger partial charge in [-0.15, -0.1) is 0 Å². The predicted molar refractivity (Wildman–Crippen MR) is 86.7 cm³/mol. The largest absolute Gasteiger partial charge is 0.366 e. The number of aromatic nitrogens is 1. The summed E-state index contributed by atoms with van der Waals surface area (Å²) in [6, 6.07) is 8.12. The Morgan fingerprint density at radius 2 is 2.00 bits per heavy atom. The average molecular weight is 282 g/mol. The van der Waals surface area contributed by atoms with Crippen molar-refractivity contribution in [3.05, 3.63) is 42.6 Å². The van der Waals surface area contributed by atoms with Crippen LogP contribution in [0.5, 0.6) is 0 Å². The lowest BCUT2D eigenvalue weighted by molar-refractivity contribution is -0.112. The van der Waals surface area contributed by atoms with Gasteiger partial charge in [0.25, 0.3) is 0 Å². The van der Waals surface area contributed by atoms with Crippen LogP contribution in [0.4, 0.5) is 0 Å². The second-order valence-electron chi connectivity index (χ2n) is 6.09. The van der Waals surface area contributed by atoms with Crippen LogP contribution < -0.4 is 5.73 Å². The van der Waals surface area contributed by atoms with Crippen molar-refractivity contribution in [3.8, 4) is 0 Å². The van der Waals surface area contributed by atoms with E-state index in [9.17, 15) is 4.79 Å². The van der Waals surface area contributed by atoms with Crippen molar-refractivity contribution in [2.45, 2.75) is 38.6 Å². The molecule has 1 aliphatic carbocycles. The van der Waals surface area contributed by atoms with Crippen LogP contribution in [0.15, 0.2) is 37.0 Å². The fourth-order valence-electron chi connectivity index (χ4n) is 3.34. The SMILES string of the molecule is C=C(C(N)=O)c1ccc2c(ccn2CC2CCCCC2)c1. The maximum atomic E-state index is 11.2. The molecule has 0 spiro atoms. The van der Waals surface area contributed by atoms with E-state index < -0.39 is 5.91 Å². The minimum absolute atomic E-state index is 0.372. The van der Waals surface area contributed by atoms with Crippen molar-refractivity contribution in [2.24, 2.45) is 11.7 Å². The fourth-order valence-corrected chi connectivity index (χ4v) is 3.34. The average Bonchev–Trinajstić information content (AvgIpc) is 2.90. The van der Waals surface area contributed by atoms with Gasteiger partial charge in [0.1, 0.15) is 0 Å². The van der Waals surface area contributed by atoms with E-state index in [1.54, 1.807) is 0 Å². The summed E-state index contributed by atoms with van der Waals surface area (Å²) in [4.78, 5) is 11.2. The van der Waals surface area contributed by atoms with E-state index in [0.717, 1.165) is 23.4 Å². The van der Waals surface area contributed by atoms with E-state index in [1.165, 1.54) is 37.6 Å². The number of benzene rings is 1. The van der Waals surface area contributed by atoms with Gasteiger partial charge in [-0.3, -0.25) is 4.79 Å². The molecule has 0 unspecified atom stereocenters. The first-order valence-corrected chi connectivity index (χ1v) is 7.73. The summed E-state index contributed by atoms with van der Waals surface area (Å²) < 4.78 is 2.34. The summed E-state index contributed by atoms with van der Waals surface area (Å²) in [6.07, 6.45) is 8.96. The van der Waals surface area contributed by atoms with Gasteiger partial charge in [-0.05, 0) is 42.5 Å². The van der Waals surface area contributed by atoms with Crippen molar-refractivity contribution in [3.63, 3.8) is 0 Å². The molecule has 2 aromatic rings. The first-order valence-electron chi connectivity index (χ1n) is 7.73. The molecule has 1 aromatic heterocycles. The zero-order valence-electron chi connectivity index (χ0n) is 12.3. The lowest BCUT2D eigenvalue weighted by Gasteiger charge is -2.22. The topological polar surface area (TPSA) is 48.0 Å². The lowest BCUT2D eigenvalue weighted by atomic mass is 9.89. The highest BCUT2D eigenvalue weighted by molar-refractivity contribution is 6.18. The zero-order valence-corrected chi connectivity index (χ0v) is 12.3. The Hall–Kier alpha value is -2.03. The van der Waals surface area contributed by atoms with Gasteiger partial charge < -0.3 is 10.3 Å². The molecule has 1 saturated carbocycles. The number of carbonyl (C=O) groups is 1. The van der Waals surface area contributed by atoms with E-state index >= 15 is 0 Å². The van der Waals surface area contributed by atoms with Gasteiger partial charge in [0, 0.05) is 29.2 Å². The molecule has 0 saturated heterocycles. The Morgan fingerprint density at radius 1 is 1.24 bits per heavy atom. The predicted octanol–water partition coefficient (Wildman–Crippen LogP) is 3.72. The molecule has 110 valence electrons. The first kappa shape index (κ1) is 13.9. The molecular weight excluding hydrogens is 260 g/mol. The Bertz CT molecular complexity index is 678. The van der Waals surface area contributed by atoms with Crippen LogP contribution in [0.3, 0.4) is 0 Å². The minimum Gasteiger partial charge on any atom is -0.366 e. The fraction of sp³-hybridized carbons (Fsp3) is 0.389. The van der Waals surface area contributed by atoms with Gasteiger partial charge in [-0.1, -0.05) is 31.9 Å². The second-order valence-corrected chi connectivity index (χ2v) is 6.09. The molecule has 1 aliphatic rings. The van der Waals surface area contributed by atoms with Gasteiger partial charge in [0.15, 0.2) is 0 Å². The summed E-state index contributed by atoms with van der Waals surface area (Å²) in [5, 5.41) is 1.14. The molecule has 0 aliphatic heterocycles. The third-order valence-corrected chi connectivity index (χ3v) is 4.60. The molecule has 0 radical (unpaired) electrons. The van der Waals surface area contributed by atoms with E-state index in [0.29, 0.717) is 5.57 Å². The van der Waals surface area contributed by atoms with Crippen LogP contribution in [0.2, 0.25) is 0 Å². The molecule has 3 rings (SSSR count). The number of carbonyl (C=O) groups excluding carboxylic acids is 1. The normalized spacial score (nSPS) is 16.2. The summed E-state index contributed by atoms with van der Waals surface area (Å²) in [5.74, 6) is 0.339. The molecule has 1 fully saturated rings. The summed E-state index contributed by atoms with van der Waals surface area (Å²) in [6.45, 7) is 4.85. The molecule has 2 N–H and O–H groups in total. The highest BCUT2D eigenvalue weighted by atomic mass is 16.1. The van der Waals surface area contributed by atoms with Gasteiger partial charge in [0.05, 0.1) is 0 Å². The van der Waals surface area contributed by atoms with Crippen molar-refractivity contribution < 1.29 is 4.79 Å². The molecule has 1 aromatic carbocycles. The maximum absolute atomic E-state index is 11.2. The Balaban J connectivity index is 1.85. The molecule has 3 nitrogen and oxygen atoms in total. The monoisotopic (exact) mass is 282 g/mol. The first-order chi connectivity index (χ1) is 10.1. The molecule has 21 heavy (non-hydrogen) atoms. The van der Waals surface area contributed by atoms with E-state index in [4.69, 9.17) is 5.73 Å². The number of nitrogens with zero attached hydrogens (tertiary/aromatic N) is 1. The summed E-state index contributed by atoms with van der Waals surface area (Å²) in [7, 11) is 0. The quantitative estimate of drug-likeness (QED) is 0.854. The van der Waals surface area contributed by atoms with E-state index in [2.05, 4.69) is 29.5 Å². The van der Waals surface area contributed by atoms with Crippen LogP contribution >= 0.6 is 0 Å². The van der Waals surface area contributed by atoms with Crippen molar-refractivity contribution in [1.29, 1.82) is 0 Å². The Kier molecular flexibility index (Phi) is 3.82. The molecule has 1 heterocycles. The molecule has 0 atom stereocenters. The second kappa shape index (κ2) is 5.76. The lowest BCUT2D eigenvalue weighted by Crippen LogP contribution is -2.13. The molecule has 0 bridgehead atoms. The maximum Gasteiger partial charge on any atom is 0.248 e. The zero-order chi connectivity index (χ0) is 14.8. The number of nitrogens with two attached hydrogens (primary N) is 1. The van der Waals surface area contributed by atoms with E-state index in [1.807, 2.05) is 12.1 Å². The summed E-state index contributed by atoms with van der Waals surface area (Å²) in [5.41, 5.74) is 7.70. The van der Waals surface area contributed by atoms with Gasteiger partial charge >= 0.3 is 0 Å². The standard InChI is InChI=1S/C18H22N2O/c1-13(18(19)21)15-7-8-17-16(11-15)9-10-20(17)12-14-5-3-2-4-6-14/h7-11,14H,1-6,12H2,(H2,19,21). The van der Waals surface area contributed by atoms with Crippen LogP contribution in [-0.4, -0.2) is 10.5 Å². The van der Waals surface area contributed by atoms with Crippen LogP contribution in [0, 0.1) is 5.92 Å². The molecule has 1 amide bonds. The third-order valence-electron chi connectivity index (χ3n) is 4.60. The van der Waals surface area contributed by atoms with Gasteiger partial charge in [0.2, 0.25) is 5.91 Å². The van der Waals surface area contributed by atoms with Crippen LogP contribution in [0.25, 0.3) is 16.5 Å². The van der Waals surface area contributed by atoms with E-state index in [-0.39, 0.29) is 0 Å². The van der Waals surface area contributed by atoms with Crippen molar-refractivity contribution in [2.75, 3.05) is 0 Å².